The molecule has 2 amide bonds. The number of carbonyl (C=O) groups excluding carboxylic acids is 2. The normalized spacial score (nSPS) is 10.5. The molecule has 0 unspecified atom stereocenters. The highest BCUT2D eigenvalue weighted by molar-refractivity contribution is 5.93. The van der Waals surface area contributed by atoms with Crippen molar-refractivity contribution in [2.24, 2.45) is 0 Å². The van der Waals surface area contributed by atoms with Crippen molar-refractivity contribution in [3.8, 4) is 0 Å². The third kappa shape index (κ3) is 6.40. The van der Waals surface area contributed by atoms with Crippen molar-refractivity contribution in [3.05, 3.63) is 24.3 Å². The Kier molecular flexibility index (Phi) is 7.46. The molecule has 1 aromatic rings. The zero-order valence-electron chi connectivity index (χ0n) is 13.1. The fourth-order valence-electron chi connectivity index (χ4n) is 1.94. The summed E-state index contributed by atoms with van der Waals surface area (Å²) < 4.78 is 0. The van der Waals surface area contributed by atoms with Gasteiger partial charge in [0.25, 0.3) is 0 Å². The van der Waals surface area contributed by atoms with Crippen LogP contribution in [0.2, 0.25) is 0 Å². The predicted molar refractivity (Wildman–Crippen MR) is 86.4 cm³/mol. The lowest BCUT2D eigenvalue weighted by Crippen LogP contribution is -2.32. The van der Waals surface area contributed by atoms with E-state index in [1.165, 1.54) is 0 Å². The Labute approximate surface area is 126 Å². The van der Waals surface area contributed by atoms with Gasteiger partial charge in [-0.25, -0.2) is 0 Å². The third-order valence-corrected chi connectivity index (χ3v) is 3.19. The van der Waals surface area contributed by atoms with Crippen LogP contribution in [0.25, 0.3) is 0 Å². The minimum absolute atomic E-state index is 0.0100. The zero-order valence-corrected chi connectivity index (χ0v) is 13.1. The molecule has 0 atom stereocenters. The van der Waals surface area contributed by atoms with Crippen LogP contribution in [-0.4, -0.2) is 36.3 Å². The lowest BCUT2D eigenvalue weighted by Gasteiger charge is -2.17. The van der Waals surface area contributed by atoms with E-state index in [-0.39, 0.29) is 11.8 Å². The topological polar surface area (TPSA) is 61.4 Å². The van der Waals surface area contributed by atoms with Crippen molar-refractivity contribution in [1.82, 2.24) is 4.90 Å². The maximum atomic E-state index is 11.9. The molecule has 2 N–H and O–H groups in total. The number of anilines is 2. The van der Waals surface area contributed by atoms with E-state index < -0.39 is 0 Å². The maximum absolute atomic E-state index is 11.9. The maximum Gasteiger partial charge on any atom is 0.238 e. The SMILES string of the molecule is CCCC(=O)Nc1ccc(NC(=O)CN(CC)CC)cc1. The number of carbonyl (C=O) groups is 2. The van der Waals surface area contributed by atoms with Crippen LogP contribution in [-0.2, 0) is 9.59 Å². The van der Waals surface area contributed by atoms with Gasteiger partial charge in [-0.2, -0.15) is 0 Å². The molecule has 0 spiro atoms. The summed E-state index contributed by atoms with van der Waals surface area (Å²) in [6.07, 6.45) is 1.34. The van der Waals surface area contributed by atoms with Crippen molar-refractivity contribution in [3.63, 3.8) is 0 Å². The molecule has 5 nitrogen and oxygen atoms in total. The van der Waals surface area contributed by atoms with Gasteiger partial charge >= 0.3 is 0 Å². The summed E-state index contributed by atoms with van der Waals surface area (Å²) in [4.78, 5) is 25.4. The first-order valence-corrected chi connectivity index (χ1v) is 7.51. The summed E-state index contributed by atoms with van der Waals surface area (Å²) in [6, 6.07) is 7.17. The second kappa shape index (κ2) is 9.13. The van der Waals surface area contributed by atoms with E-state index >= 15 is 0 Å². The first kappa shape index (κ1) is 17.2. The highest BCUT2D eigenvalue weighted by atomic mass is 16.2. The van der Waals surface area contributed by atoms with Crippen LogP contribution in [0, 0.1) is 0 Å². The van der Waals surface area contributed by atoms with Crippen LogP contribution in [0.5, 0.6) is 0 Å². The average molecular weight is 291 g/mol. The molecule has 0 heterocycles. The molecule has 0 saturated carbocycles. The molecule has 0 aliphatic rings. The second-order valence-electron chi connectivity index (χ2n) is 4.89. The number of amides is 2. The summed E-state index contributed by atoms with van der Waals surface area (Å²) in [5.41, 5.74) is 1.48. The lowest BCUT2D eigenvalue weighted by atomic mass is 10.2. The van der Waals surface area contributed by atoms with Gasteiger partial charge in [0.2, 0.25) is 11.8 Å². The minimum Gasteiger partial charge on any atom is -0.326 e. The van der Waals surface area contributed by atoms with Crippen LogP contribution in [0.15, 0.2) is 24.3 Å². The van der Waals surface area contributed by atoms with Crippen molar-refractivity contribution in [2.75, 3.05) is 30.3 Å². The molecular weight excluding hydrogens is 266 g/mol. The quantitative estimate of drug-likeness (QED) is 0.774. The Morgan fingerprint density at radius 2 is 1.38 bits per heavy atom. The zero-order chi connectivity index (χ0) is 15.7. The van der Waals surface area contributed by atoms with E-state index in [2.05, 4.69) is 15.5 Å². The van der Waals surface area contributed by atoms with Crippen LogP contribution in [0.4, 0.5) is 11.4 Å². The first-order valence-electron chi connectivity index (χ1n) is 7.51. The molecule has 1 aromatic carbocycles. The summed E-state index contributed by atoms with van der Waals surface area (Å²) in [7, 11) is 0. The van der Waals surface area contributed by atoms with E-state index in [1.807, 2.05) is 20.8 Å². The van der Waals surface area contributed by atoms with Gasteiger partial charge in [0.1, 0.15) is 0 Å². The van der Waals surface area contributed by atoms with Gasteiger partial charge in [-0.3, -0.25) is 14.5 Å². The van der Waals surface area contributed by atoms with Crippen molar-refractivity contribution < 1.29 is 9.59 Å². The Hall–Kier alpha value is -1.88. The number of likely N-dealkylation sites (N-methyl/N-ethyl adjacent to an activating group) is 1. The molecule has 0 fully saturated rings. The molecular formula is C16H25N3O2. The number of nitrogens with zero attached hydrogens (tertiary/aromatic N) is 1. The standard InChI is InChI=1S/C16H25N3O2/c1-4-7-15(20)17-13-8-10-14(11-9-13)18-16(21)12-19(5-2)6-3/h8-11H,4-7,12H2,1-3H3,(H,17,20)(H,18,21). The van der Waals surface area contributed by atoms with Gasteiger partial charge < -0.3 is 10.6 Å². The molecule has 0 aromatic heterocycles. The van der Waals surface area contributed by atoms with Crippen molar-refractivity contribution >= 4 is 23.2 Å². The minimum atomic E-state index is -0.0264. The van der Waals surface area contributed by atoms with Gasteiger partial charge in [-0.05, 0) is 43.8 Å². The Morgan fingerprint density at radius 3 is 1.81 bits per heavy atom. The first-order chi connectivity index (χ1) is 10.1. The van der Waals surface area contributed by atoms with Crippen LogP contribution < -0.4 is 10.6 Å². The fraction of sp³-hybridized carbons (Fsp3) is 0.500. The number of hydrogen-bond donors (Lipinski definition) is 2. The molecule has 5 heteroatoms. The highest BCUT2D eigenvalue weighted by Gasteiger charge is 2.07. The summed E-state index contributed by atoms with van der Waals surface area (Å²) in [6.45, 7) is 8.13. The molecule has 1 rings (SSSR count). The highest BCUT2D eigenvalue weighted by Crippen LogP contribution is 2.14. The van der Waals surface area contributed by atoms with Crippen LogP contribution in [0.3, 0.4) is 0 Å². The Bertz CT molecular complexity index is 453. The number of benzene rings is 1. The number of nitrogens with one attached hydrogen (secondary N) is 2. The van der Waals surface area contributed by atoms with E-state index in [0.29, 0.717) is 13.0 Å². The van der Waals surface area contributed by atoms with Crippen LogP contribution in [0.1, 0.15) is 33.6 Å². The van der Waals surface area contributed by atoms with Gasteiger partial charge in [0.15, 0.2) is 0 Å². The molecule has 0 saturated heterocycles. The smallest absolute Gasteiger partial charge is 0.238 e. The van der Waals surface area contributed by atoms with Gasteiger partial charge in [0, 0.05) is 17.8 Å². The second-order valence-corrected chi connectivity index (χ2v) is 4.89. The van der Waals surface area contributed by atoms with E-state index in [0.717, 1.165) is 30.9 Å². The summed E-state index contributed by atoms with van der Waals surface area (Å²) in [5, 5.41) is 5.67. The molecule has 116 valence electrons. The van der Waals surface area contributed by atoms with Crippen molar-refractivity contribution in [1.29, 1.82) is 0 Å². The summed E-state index contributed by atoms with van der Waals surface area (Å²) in [5.74, 6) is -0.0164. The fourth-order valence-corrected chi connectivity index (χ4v) is 1.94. The Morgan fingerprint density at radius 1 is 0.905 bits per heavy atom. The molecule has 21 heavy (non-hydrogen) atoms. The largest absolute Gasteiger partial charge is 0.326 e. The van der Waals surface area contributed by atoms with E-state index in [9.17, 15) is 9.59 Å². The van der Waals surface area contributed by atoms with Gasteiger partial charge in [-0.1, -0.05) is 20.8 Å². The lowest BCUT2D eigenvalue weighted by molar-refractivity contribution is -0.117. The van der Waals surface area contributed by atoms with Crippen molar-refractivity contribution in [2.45, 2.75) is 33.6 Å². The molecule has 0 aliphatic carbocycles. The van der Waals surface area contributed by atoms with E-state index in [4.69, 9.17) is 0 Å². The summed E-state index contributed by atoms with van der Waals surface area (Å²) >= 11 is 0. The Balaban J connectivity index is 2.50. The predicted octanol–water partition coefficient (Wildman–Crippen LogP) is 2.71. The number of hydrogen-bond acceptors (Lipinski definition) is 3. The third-order valence-electron chi connectivity index (χ3n) is 3.19. The number of rotatable bonds is 8. The molecule has 0 bridgehead atoms. The van der Waals surface area contributed by atoms with Gasteiger partial charge in [0.05, 0.1) is 6.54 Å². The van der Waals surface area contributed by atoms with Crippen LogP contribution >= 0.6 is 0 Å². The monoisotopic (exact) mass is 291 g/mol. The molecule has 0 aliphatic heterocycles. The average Bonchev–Trinajstić information content (AvgIpc) is 2.47. The molecule has 0 radical (unpaired) electrons. The van der Waals surface area contributed by atoms with E-state index in [1.54, 1.807) is 24.3 Å². The van der Waals surface area contributed by atoms with Gasteiger partial charge in [-0.15, -0.1) is 0 Å².